The molecule has 0 spiro atoms. The SMILES string of the molecule is Cc1noc(CN2CCC(C3CCN(Cc4nccn4C)CC3)CC2)n1. The van der Waals surface area contributed by atoms with Gasteiger partial charge >= 0.3 is 0 Å². The van der Waals surface area contributed by atoms with E-state index in [9.17, 15) is 0 Å². The van der Waals surface area contributed by atoms with Crippen LogP contribution in [0.5, 0.6) is 0 Å². The van der Waals surface area contributed by atoms with Gasteiger partial charge in [-0.25, -0.2) is 4.98 Å². The van der Waals surface area contributed by atoms with Gasteiger partial charge in [-0.15, -0.1) is 0 Å². The molecule has 0 saturated carbocycles. The number of piperidine rings is 2. The van der Waals surface area contributed by atoms with E-state index in [1.54, 1.807) is 0 Å². The van der Waals surface area contributed by atoms with Gasteiger partial charge in [0.1, 0.15) is 5.82 Å². The summed E-state index contributed by atoms with van der Waals surface area (Å²) in [6.07, 6.45) is 9.20. The molecular formula is C19H30N6O. The predicted octanol–water partition coefficient (Wildman–Crippen LogP) is 2.24. The molecule has 7 heteroatoms. The molecule has 7 nitrogen and oxygen atoms in total. The van der Waals surface area contributed by atoms with Crippen molar-refractivity contribution in [3.63, 3.8) is 0 Å². The zero-order chi connectivity index (χ0) is 17.9. The lowest BCUT2D eigenvalue weighted by molar-refractivity contribution is 0.0853. The average molecular weight is 358 g/mol. The minimum atomic E-state index is 0.729. The minimum absolute atomic E-state index is 0.729. The maximum atomic E-state index is 5.26. The van der Waals surface area contributed by atoms with E-state index in [1.165, 1.54) is 44.6 Å². The van der Waals surface area contributed by atoms with Crippen molar-refractivity contribution in [2.45, 2.75) is 45.7 Å². The van der Waals surface area contributed by atoms with Crippen LogP contribution in [0, 0.1) is 18.8 Å². The lowest BCUT2D eigenvalue weighted by atomic mass is 9.79. The second kappa shape index (κ2) is 7.88. The molecule has 0 N–H and O–H groups in total. The van der Waals surface area contributed by atoms with Crippen LogP contribution in [0.2, 0.25) is 0 Å². The Kier molecular flexibility index (Phi) is 5.36. The zero-order valence-corrected chi connectivity index (χ0v) is 16.0. The third kappa shape index (κ3) is 4.15. The van der Waals surface area contributed by atoms with Crippen molar-refractivity contribution in [1.82, 2.24) is 29.5 Å². The highest BCUT2D eigenvalue weighted by atomic mass is 16.5. The molecule has 2 aromatic rings. The fourth-order valence-corrected chi connectivity index (χ4v) is 4.51. The summed E-state index contributed by atoms with van der Waals surface area (Å²) in [5.74, 6) is 4.43. The predicted molar refractivity (Wildman–Crippen MR) is 98.2 cm³/mol. The van der Waals surface area contributed by atoms with Crippen molar-refractivity contribution in [1.29, 1.82) is 0 Å². The first-order valence-corrected chi connectivity index (χ1v) is 9.87. The van der Waals surface area contributed by atoms with Crippen molar-refractivity contribution < 1.29 is 4.52 Å². The third-order valence-corrected chi connectivity index (χ3v) is 6.15. The van der Waals surface area contributed by atoms with E-state index >= 15 is 0 Å². The van der Waals surface area contributed by atoms with Gasteiger partial charge in [0.2, 0.25) is 5.89 Å². The summed E-state index contributed by atoms with van der Waals surface area (Å²) in [5, 5.41) is 3.89. The number of hydrogen-bond acceptors (Lipinski definition) is 6. The summed E-state index contributed by atoms with van der Waals surface area (Å²) in [6.45, 7) is 8.38. The van der Waals surface area contributed by atoms with E-state index in [1.807, 2.05) is 19.3 Å². The van der Waals surface area contributed by atoms with Gasteiger partial charge in [0.05, 0.1) is 13.1 Å². The number of hydrogen-bond donors (Lipinski definition) is 0. The lowest BCUT2D eigenvalue weighted by Gasteiger charge is -2.39. The first-order chi connectivity index (χ1) is 12.7. The molecule has 142 valence electrons. The van der Waals surface area contributed by atoms with Crippen molar-refractivity contribution in [3.05, 3.63) is 29.9 Å². The van der Waals surface area contributed by atoms with E-state index in [0.29, 0.717) is 0 Å². The molecule has 2 fully saturated rings. The smallest absolute Gasteiger partial charge is 0.240 e. The number of imidazole rings is 1. The van der Waals surface area contributed by atoms with Gasteiger partial charge in [-0.1, -0.05) is 5.16 Å². The van der Waals surface area contributed by atoms with Crippen LogP contribution in [0.1, 0.15) is 43.2 Å². The molecule has 26 heavy (non-hydrogen) atoms. The number of rotatable bonds is 5. The molecule has 0 aromatic carbocycles. The Morgan fingerprint density at radius 2 is 1.62 bits per heavy atom. The van der Waals surface area contributed by atoms with Gasteiger partial charge in [0.25, 0.3) is 0 Å². The third-order valence-electron chi connectivity index (χ3n) is 6.15. The van der Waals surface area contributed by atoms with Crippen LogP contribution in [0.15, 0.2) is 16.9 Å². The monoisotopic (exact) mass is 358 g/mol. The second-order valence-electron chi connectivity index (χ2n) is 7.92. The molecule has 0 unspecified atom stereocenters. The van der Waals surface area contributed by atoms with Gasteiger partial charge in [0, 0.05) is 19.4 Å². The van der Waals surface area contributed by atoms with Crippen LogP contribution in [0.25, 0.3) is 0 Å². The molecule has 0 aliphatic carbocycles. The van der Waals surface area contributed by atoms with E-state index < -0.39 is 0 Å². The molecule has 2 aromatic heterocycles. The lowest BCUT2D eigenvalue weighted by Crippen LogP contribution is -2.40. The van der Waals surface area contributed by atoms with Gasteiger partial charge in [0.15, 0.2) is 5.82 Å². The first kappa shape index (κ1) is 17.7. The Morgan fingerprint density at radius 3 is 2.12 bits per heavy atom. The molecule has 0 amide bonds. The molecule has 0 radical (unpaired) electrons. The largest absolute Gasteiger partial charge is 0.338 e. The summed E-state index contributed by atoms with van der Waals surface area (Å²) in [4.78, 5) is 13.8. The zero-order valence-electron chi connectivity index (χ0n) is 16.0. The van der Waals surface area contributed by atoms with Gasteiger partial charge in [-0.05, 0) is 70.6 Å². The Bertz CT molecular complexity index is 694. The van der Waals surface area contributed by atoms with Crippen LogP contribution >= 0.6 is 0 Å². The molecule has 2 aliphatic rings. The first-order valence-electron chi connectivity index (χ1n) is 9.87. The van der Waals surface area contributed by atoms with E-state index in [0.717, 1.165) is 49.7 Å². The van der Waals surface area contributed by atoms with Crippen LogP contribution in [0.3, 0.4) is 0 Å². The Labute approximate surface area is 155 Å². The number of nitrogens with zero attached hydrogens (tertiary/aromatic N) is 6. The quantitative estimate of drug-likeness (QED) is 0.817. The Morgan fingerprint density at radius 1 is 1.00 bits per heavy atom. The number of likely N-dealkylation sites (tertiary alicyclic amines) is 2. The summed E-state index contributed by atoms with van der Waals surface area (Å²) >= 11 is 0. The molecule has 0 atom stereocenters. The van der Waals surface area contributed by atoms with E-state index in [4.69, 9.17) is 4.52 Å². The highest BCUT2D eigenvalue weighted by molar-refractivity contribution is 4.92. The molecule has 2 saturated heterocycles. The van der Waals surface area contributed by atoms with Crippen molar-refractivity contribution in [3.8, 4) is 0 Å². The molecule has 4 rings (SSSR count). The highest BCUT2D eigenvalue weighted by Crippen LogP contribution is 2.33. The summed E-state index contributed by atoms with van der Waals surface area (Å²) < 4.78 is 7.39. The summed E-state index contributed by atoms with van der Waals surface area (Å²) in [6, 6.07) is 0. The van der Waals surface area contributed by atoms with E-state index in [2.05, 4.69) is 36.5 Å². The summed E-state index contributed by atoms with van der Waals surface area (Å²) in [7, 11) is 2.08. The van der Waals surface area contributed by atoms with Crippen LogP contribution in [0.4, 0.5) is 0 Å². The fraction of sp³-hybridized carbons (Fsp3) is 0.737. The Hall–Kier alpha value is -1.73. The normalized spacial score (nSPS) is 21.5. The standard InChI is InChI=1S/C19H30N6O/c1-15-21-19(26-22-15)14-25-10-5-17(6-11-25)16-3-8-24(9-4-16)13-18-20-7-12-23(18)2/h7,12,16-17H,3-6,8-11,13-14H2,1-2H3. The molecule has 0 bridgehead atoms. The molecule has 4 heterocycles. The topological polar surface area (TPSA) is 63.2 Å². The molecule has 2 aliphatic heterocycles. The van der Waals surface area contributed by atoms with Gasteiger partial charge in [-0.3, -0.25) is 9.80 Å². The minimum Gasteiger partial charge on any atom is -0.338 e. The van der Waals surface area contributed by atoms with Crippen molar-refractivity contribution in [2.24, 2.45) is 18.9 Å². The van der Waals surface area contributed by atoms with Crippen LogP contribution in [-0.2, 0) is 20.1 Å². The maximum Gasteiger partial charge on any atom is 0.240 e. The summed E-state index contributed by atoms with van der Waals surface area (Å²) in [5.41, 5.74) is 0. The van der Waals surface area contributed by atoms with Crippen molar-refractivity contribution in [2.75, 3.05) is 26.2 Å². The number of aromatic nitrogens is 4. The van der Waals surface area contributed by atoms with Crippen molar-refractivity contribution >= 4 is 0 Å². The van der Waals surface area contributed by atoms with E-state index in [-0.39, 0.29) is 0 Å². The number of aryl methyl sites for hydroxylation is 2. The average Bonchev–Trinajstić information content (AvgIpc) is 3.25. The Balaban J connectivity index is 1.20. The maximum absolute atomic E-state index is 5.26. The second-order valence-corrected chi connectivity index (χ2v) is 7.92. The van der Waals surface area contributed by atoms with Crippen LogP contribution < -0.4 is 0 Å². The molecular weight excluding hydrogens is 328 g/mol. The van der Waals surface area contributed by atoms with Gasteiger partial charge < -0.3 is 9.09 Å². The highest BCUT2D eigenvalue weighted by Gasteiger charge is 2.30. The fourth-order valence-electron chi connectivity index (χ4n) is 4.51. The van der Waals surface area contributed by atoms with Crippen LogP contribution in [-0.4, -0.2) is 55.7 Å². The van der Waals surface area contributed by atoms with Gasteiger partial charge in [-0.2, -0.15) is 4.98 Å².